The number of aliphatic hydroxyl groups excluding tert-OH is 3. The molecule has 2 aromatic heterocycles. The smallest absolute Gasteiger partial charge is 0.355 e. The number of rotatable bonds is 12. The zero-order valence-corrected chi connectivity index (χ0v) is 37.3. The number of fused-ring (bicyclic) bond motifs is 10. The average Bonchev–Trinajstić information content (AvgIpc) is 3.81. The van der Waals surface area contributed by atoms with Crippen molar-refractivity contribution >= 4 is 28.7 Å². The number of nitrogens with zero attached hydrogens (tertiary/aromatic N) is 2. The maximum absolute atomic E-state index is 13.9. The standard InChI is InChI=1S/C50H66N4O9/c1-5-50(35-23-39-44-29(20-28-10-6-7-12-38(28)53-44)25-54(39)45(59)32(35)26-62-47(50)61)63-46(60)37(51)11-8-9-19-52-42(58)16-13-27(2)33-14-15-34-43-36(24-41(57)49(33,34)4)48(3)18-17-31(55)21-30(48)22-40(43)56/h6-7,10,12,20,23,27,30-31,33-34,36-37,40-41,43,55-57H,5,8-9,11,13-19,21-22,24-26,51H2,1-4H3,(H,52,58)/t27-,30?,31-,33?,34?,36?,37?,40-,41+,43?,48+,49-,50+/m1/s1. The Labute approximate surface area is 369 Å². The number of amides is 1. The molecular formula is C50H66N4O9. The summed E-state index contributed by atoms with van der Waals surface area (Å²) in [5, 5.41) is 38.0. The summed E-state index contributed by atoms with van der Waals surface area (Å²) in [4.78, 5) is 58.9. The van der Waals surface area contributed by atoms with Gasteiger partial charge in [0.15, 0.2) is 0 Å². The molecule has 0 radical (unpaired) electrons. The lowest BCUT2D eigenvalue weighted by molar-refractivity contribution is -0.207. The van der Waals surface area contributed by atoms with Crippen LogP contribution in [0.4, 0.5) is 0 Å². The lowest BCUT2D eigenvalue weighted by Crippen LogP contribution is -2.62. The summed E-state index contributed by atoms with van der Waals surface area (Å²) in [5.74, 6) is -0.144. The number of nitrogens with one attached hydrogen (secondary N) is 1. The molecule has 2 aliphatic heterocycles. The number of para-hydroxylation sites is 1. The maximum atomic E-state index is 13.9. The monoisotopic (exact) mass is 866 g/mol. The second-order valence-corrected chi connectivity index (χ2v) is 20.7. The van der Waals surface area contributed by atoms with Gasteiger partial charge in [-0.25, -0.2) is 9.78 Å². The van der Waals surface area contributed by atoms with E-state index < -0.39 is 35.8 Å². The van der Waals surface area contributed by atoms with E-state index in [1.807, 2.05) is 30.3 Å². The summed E-state index contributed by atoms with van der Waals surface area (Å²) < 4.78 is 13.1. The van der Waals surface area contributed by atoms with Crippen LogP contribution in [-0.4, -0.2) is 73.6 Å². The number of carbonyl (C=O) groups excluding carboxylic acids is 3. The topological polar surface area (TPSA) is 203 Å². The Balaban J connectivity index is 0.764. The van der Waals surface area contributed by atoms with Gasteiger partial charge in [-0.05, 0) is 142 Å². The van der Waals surface area contributed by atoms with Gasteiger partial charge in [0.2, 0.25) is 11.5 Å². The molecule has 0 bridgehead atoms. The van der Waals surface area contributed by atoms with Gasteiger partial charge in [0.05, 0.1) is 47.3 Å². The third-order valence-corrected chi connectivity index (χ3v) is 17.6. The Bertz CT molecular complexity index is 2350. The summed E-state index contributed by atoms with van der Waals surface area (Å²) in [6.45, 7) is 9.04. The lowest BCUT2D eigenvalue weighted by Gasteiger charge is -2.63. The first-order valence-electron chi connectivity index (χ1n) is 23.7. The summed E-state index contributed by atoms with van der Waals surface area (Å²) in [6.07, 6.45) is 7.22. The predicted octanol–water partition coefficient (Wildman–Crippen LogP) is 5.62. The van der Waals surface area contributed by atoms with Gasteiger partial charge in [0, 0.05) is 29.5 Å². The van der Waals surface area contributed by atoms with Gasteiger partial charge < -0.3 is 40.4 Å². The molecule has 0 spiro atoms. The van der Waals surface area contributed by atoms with E-state index in [2.05, 4.69) is 26.1 Å². The fourth-order valence-electron chi connectivity index (χ4n) is 13.9. The minimum Gasteiger partial charge on any atom is -0.457 e. The Kier molecular flexibility index (Phi) is 11.7. The van der Waals surface area contributed by atoms with Crippen molar-refractivity contribution in [2.45, 2.75) is 154 Å². The number of cyclic esters (lactones) is 1. The lowest BCUT2D eigenvalue weighted by atomic mass is 9.43. The van der Waals surface area contributed by atoms with E-state index in [0.29, 0.717) is 62.1 Å². The summed E-state index contributed by atoms with van der Waals surface area (Å²) in [6, 6.07) is 10.5. The molecule has 6 unspecified atom stereocenters. The SMILES string of the molecule is CC[C@@]1(OC(=O)C(N)CCCCNC(=O)CC[C@@H](C)C2CCC3C4C(C[C@H](O)[C@@]32C)[C@@]2(C)CC[C@@H](O)CC2C[C@H]4O)C(=O)OCc2c1cc1n(c2=O)Cc2cc3ccccc3nc2-1. The van der Waals surface area contributed by atoms with Crippen molar-refractivity contribution in [1.29, 1.82) is 0 Å². The van der Waals surface area contributed by atoms with Crippen LogP contribution in [0, 0.1) is 46.3 Å². The molecule has 1 aromatic carbocycles. The van der Waals surface area contributed by atoms with Crippen LogP contribution in [-0.2, 0) is 42.6 Å². The van der Waals surface area contributed by atoms with Gasteiger partial charge in [0.25, 0.3) is 5.56 Å². The van der Waals surface area contributed by atoms with Gasteiger partial charge in [0.1, 0.15) is 12.6 Å². The highest BCUT2D eigenvalue weighted by Crippen LogP contribution is 2.68. The third kappa shape index (κ3) is 7.24. The van der Waals surface area contributed by atoms with Crippen LogP contribution in [0.2, 0.25) is 0 Å². The van der Waals surface area contributed by atoms with E-state index in [-0.39, 0.29) is 88.9 Å². The number of aromatic nitrogens is 2. The fourth-order valence-corrected chi connectivity index (χ4v) is 13.9. The van der Waals surface area contributed by atoms with E-state index in [9.17, 15) is 34.5 Å². The van der Waals surface area contributed by atoms with E-state index in [1.54, 1.807) is 17.6 Å². The van der Waals surface area contributed by atoms with Crippen molar-refractivity contribution in [3.8, 4) is 11.4 Å². The van der Waals surface area contributed by atoms with E-state index >= 15 is 0 Å². The van der Waals surface area contributed by atoms with E-state index in [1.165, 1.54) is 0 Å². The molecule has 340 valence electrons. The minimum atomic E-state index is -1.84. The Morgan fingerprint density at radius 3 is 2.62 bits per heavy atom. The zero-order valence-electron chi connectivity index (χ0n) is 37.3. The largest absolute Gasteiger partial charge is 0.457 e. The number of unbranched alkanes of at least 4 members (excludes halogenated alkanes) is 1. The van der Waals surface area contributed by atoms with Gasteiger partial charge >= 0.3 is 11.9 Å². The number of aliphatic hydroxyl groups is 3. The molecule has 0 saturated heterocycles. The van der Waals surface area contributed by atoms with Crippen molar-refractivity contribution < 1.29 is 39.2 Å². The number of pyridine rings is 2. The van der Waals surface area contributed by atoms with Crippen molar-refractivity contribution in [3.63, 3.8) is 0 Å². The van der Waals surface area contributed by atoms with Gasteiger partial charge in [-0.3, -0.25) is 14.4 Å². The number of hydrogen-bond donors (Lipinski definition) is 5. The van der Waals surface area contributed by atoms with Crippen LogP contribution >= 0.6 is 0 Å². The zero-order chi connectivity index (χ0) is 44.6. The van der Waals surface area contributed by atoms with Crippen molar-refractivity contribution in [2.24, 2.45) is 52.1 Å². The van der Waals surface area contributed by atoms with Gasteiger partial charge in [-0.2, -0.15) is 0 Å². The number of nitrogens with two attached hydrogens (primary N) is 1. The molecule has 13 nitrogen and oxygen atoms in total. The van der Waals surface area contributed by atoms with Crippen LogP contribution in [0.25, 0.3) is 22.3 Å². The van der Waals surface area contributed by atoms with Gasteiger partial charge in [-0.15, -0.1) is 0 Å². The molecule has 6 N–H and O–H groups in total. The summed E-state index contributed by atoms with van der Waals surface area (Å²) in [7, 11) is 0. The Morgan fingerprint density at radius 2 is 1.83 bits per heavy atom. The molecule has 4 saturated carbocycles. The predicted molar refractivity (Wildman–Crippen MR) is 236 cm³/mol. The van der Waals surface area contributed by atoms with Crippen LogP contribution < -0.4 is 16.6 Å². The average molecular weight is 867 g/mol. The number of hydrogen-bond acceptors (Lipinski definition) is 11. The molecule has 63 heavy (non-hydrogen) atoms. The van der Waals surface area contributed by atoms with E-state index in [0.717, 1.165) is 55.0 Å². The van der Waals surface area contributed by atoms with Crippen molar-refractivity contribution in [1.82, 2.24) is 14.9 Å². The number of benzene rings is 1. The molecular weight excluding hydrogens is 801 g/mol. The van der Waals surface area contributed by atoms with Crippen LogP contribution in [0.1, 0.15) is 128 Å². The molecule has 13 heteroatoms. The van der Waals surface area contributed by atoms with Crippen molar-refractivity contribution in [3.05, 3.63) is 63.4 Å². The second kappa shape index (κ2) is 16.7. The highest BCUT2D eigenvalue weighted by molar-refractivity contribution is 5.89. The van der Waals surface area contributed by atoms with Crippen LogP contribution in [0.15, 0.2) is 41.2 Å². The van der Waals surface area contributed by atoms with Gasteiger partial charge in [-0.1, -0.05) is 45.9 Å². The molecule has 6 aliphatic rings. The highest BCUT2D eigenvalue weighted by atomic mass is 16.6. The molecule has 3 aromatic rings. The normalized spacial score (nSPS) is 35.0. The first-order valence-corrected chi connectivity index (χ1v) is 23.7. The first kappa shape index (κ1) is 44.1. The summed E-state index contributed by atoms with van der Waals surface area (Å²) in [5.41, 5.74) is 7.37. The highest BCUT2D eigenvalue weighted by Gasteiger charge is 2.65. The number of carbonyl (C=O) groups is 3. The first-order chi connectivity index (χ1) is 30.1. The molecule has 1 amide bonds. The van der Waals surface area contributed by atoms with Crippen LogP contribution in [0.3, 0.4) is 0 Å². The Hall–Kier alpha value is -4.17. The molecule has 9 rings (SSSR count). The number of ether oxygens (including phenoxy) is 2. The van der Waals surface area contributed by atoms with Crippen molar-refractivity contribution in [2.75, 3.05) is 6.54 Å². The molecule has 4 aliphatic carbocycles. The number of esters is 2. The third-order valence-electron chi connectivity index (χ3n) is 17.6. The quantitative estimate of drug-likeness (QED) is 0.0874. The minimum absolute atomic E-state index is 0.0317. The van der Waals surface area contributed by atoms with E-state index in [4.69, 9.17) is 20.2 Å². The maximum Gasteiger partial charge on any atom is 0.355 e. The molecule has 4 heterocycles. The Morgan fingerprint density at radius 1 is 1.03 bits per heavy atom. The molecule has 13 atom stereocenters. The molecule has 4 fully saturated rings. The summed E-state index contributed by atoms with van der Waals surface area (Å²) >= 11 is 0. The van der Waals surface area contributed by atoms with Crippen LogP contribution in [0.5, 0.6) is 0 Å². The fraction of sp³-hybridized carbons (Fsp3) is 0.660. The second-order valence-electron chi connectivity index (χ2n) is 20.7.